The molecule has 0 aliphatic rings. The molecule has 0 radical (unpaired) electrons. The maximum absolute atomic E-state index is 15.3. The van der Waals surface area contributed by atoms with E-state index in [1.807, 2.05) is 0 Å². The molecule has 0 nitrogen and oxygen atoms in total. The molecule has 0 aromatic heterocycles. The van der Waals surface area contributed by atoms with Crippen molar-refractivity contribution in [1.82, 2.24) is 0 Å². The summed E-state index contributed by atoms with van der Waals surface area (Å²) in [4.78, 5) is 0. The number of rotatable bonds is 5. The van der Waals surface area contributed by atoms with Crippen LogP contribution in [0.3, 0.4) is 0 Å². The van der Waals surface area contributed by atoms with Gasteiger partial charge in [0.15, 0.2) is 23.3 Å². The first kappa shape index (κ1) is 29.3. The Morgan fingerprint density at radius 1 is 0.425 bits per heavy atom. The van der Waals surface area contributed by atoms with Gasteiger partial charge in [-0.3, -0.25) is 0 Å². The zero-order valence-electron chi connectivity index (χ0n) is 18.9. The van der Waals surface area contributed by atoms with Crippen molar-refractivity contribution in [2.24, 2.45) is 0 Å². The summed E-state index contributed by atoms with van der Waals surface area (Å²) >= 11 is 0. The summed E-state index contributed by atoms with van der Waals surface area (Å²) in [6.07, 6.45) is -6.31. The van der Waals surface area contributed by atoms with Crippen LogP contribution in [0.15, 0.2) is 54.6 Å². The Labute approximate surface area is 212 Å². The molecule has 0 atom stereocenters. The standard InChI is InChI=1S/C25H9F15/c26-17-15(18(27)20(29)16(19(17)28)23(34,35)36)22(32,33)25(39,40)24(37,38)21(30,31)14-9-10-5-1-2-6-11(10)12-7-3-4-8-13(12)14/h1-9H. The summed E-state index contributed by atoms with van der Waals surface area (Å²) in [6, 6.07) is 9.47. The lowest BCUT2D eigenvalue weighted by atomic mass is 9.86. The second-order valence-corrected chi connectivity index (χ2v) is 8.49. The van der Waals surface area contributed by atoms with Crippen molar-refractivity contribution in [1.29, 1.82) is 0 Å². The molecule has 4 aromatic rings. The van der Waals surface area contributed by atoms with Crippen molar-refractivity contribution in [3.63, 3.8) is 0 Å². The van der Waals surface area contributed by atoms with Gasteiger partial charge < -0.3 is 0 Å². The summed E-state index contributed by atoms with van der Waals surface area (Å²) < 4.78 is 213. The Hall–Kier alpha value is -3.65. The fraction of sp³-hybridized carbons (Fsp3) is 0.200. The van der Waals surface area contributed by atoms with Gasteiger partial charge in [0.1, 0.15) is 11.1 Å². The third-order valence-electron chi connectivity index (χ3n) is 6.15. The van der Waals surface area contributed by atoms with Crippen molar-refractivity contribution < 1.29 is 65.9 Å². The number of hydrogen-bond donors (Lipinski definition) is 0. The van der Waals surface area contributed by atoms with E-state index < -0.39 is 75.2 Å². The van der Waals surface area contributed by atoms with Gasteiger partial charge in [-0.2, -0.15) is 48.3 Å². The first-order valence-corrected chi connectivity index (χ1v) is 10.6. The summed E-state index contributed by atoms with van der Waals surface area (Å²) in [6.45, 7) is 0. The minimum Gasteiger partial charge on any atom is -0.203 e. The van der Waals surface area contributed by atoms with Crippen LogP contribution in [0.1, 0.15) is 16.7 Å². The second-order valence-electron chi connectivity index (χ2n) is 8.49. The fourth-order valence-electron chi connectivity index (χ4n) is 4.19. The number of hydrogen-bond acceptors (Lipinski definition) is 0. The van der Waals surface area contributed by atoms with Crippen LogP contribution in [0.2, 0.25) is 0 Å². The molecule has 0 unspecified atom stereocenters. The monoisotopic (exact) mass is 594 g/mol. The maximum atomic E-state index is 15.3. The van der Waals surface area contributed by atoms with Crippen LogP contribution in [0.25, 0.3) is 21.5 Å². The van der Waals surface area contributed by atoms with E-state index in [9.17, 15) is 57.1 Å². The summed E-state index contributed by atoms with van der Waals surface area (Å²) in [5.74, 6) is -43.4. The molecule has 0 N–H and O–H groups in total. The quantitative estimate of drug-likeness (QED) is 0.123. The predicted octanol–water partition coefficient (Wildman–Crippen LogP) is 9.72. The zero-order valence-corrected chi connectivity index (χ0v) is 18.9. The molecular formula is C25H9F15. The van der Waals surface area contributed by atoms with Crippen molar-refractivity contribution in [2.75, 3.05) is 0 Å². The normalized spacial score (nSPS) is 13.9. The highest BCUT2D eigenvalue weighted by molar-refractivity contribution is 6.09. The van der Waals surface area contributed by atoms with E-state index in [1.165, 1.54) is 24.3 Å². The van der Waals surface area contributed by atoms with Gasteiger partial charge in [0.05, 0.1) is 0 Å². The second kappa shape index (κ2) is 8.93. The van der Waals surface area contributed by atoms with E-state index in [0.29, 0.717) is 0 Å². The molecule has 0 amide bonds. The van der Waals surface area contributed by atoms with Crippen LogP contribution < -0.4 is 0 Å². The van der Waals surface area contributed by atoms with Crippen LogP contribution in [0, 0.1) is 23.3 Å². The van der Waals surface area contributed by atoms with Gasteiger partial charge in [0.25, 0.3) is 0 Å². The number of alkyl halides is 11. The average molecular weight is 594 g/mol. The highest BCUT2D eigenvalue weighted by Gasteiger charge is 2.82. The molecule has 0 heterocycles. The average Bonchev–Trinajstić information content (AvgIpc) is 2.86. The Bertz CT molecular complexity index is 1600. The van der Waals surface area contributed by atoms with Crippen molar-refractivity contribution in [3.8, 4) is 0 Å². The molecule has 4 rings (SSSR count). The summed E-state index contributed by atoms with van der Waals surface area (Å²) in [7, 11) is 0. The third kappa shape index (κ3) is 3.87. The molecule has 0 saturated heterocycles. The molecule has 4 aromatic carbocycles. The van der Waals surface area contributed by atoms with Gasteiger partial charge in [0.2, 0.25) is 0 Å². The van der Waals surface area contributed by atoms with Crippen molar-refractivity contribution in [2.45, 2.75) is 29.9 Å². The van der Waals surface area contributed by atoms with Gasteiger partial charge in [-0.25, -0.2) is 17.6 Å². The van der Waals surface area contributed by atoms with E-state index in [0.717, 1.165) is 24.3 Å². The molecular weight excluding hydrogens is 585 g/mol. The topological polar surface area (TPSA) is 0 Å². The van der Waals surface area contributed by atoms with Gasteiger partial charge in [-0.15, -0.1) is 0 Å². The SMILES string of the molecule is Fc1c(F)c(C(F)(F)C(F)(F)C(F)(F)C(F)(F)c2cc3ccccc3c3ccccc23)c(F)c(F)c1C(F)(F)F. The Balaban J connectivity index is 1.97. The highest BCUT2D eigenvalue weighted by atomic mass is 19.4. The third-order valence-corrected chi connectivity index (χ3v) is 6.15. The summed E-state index contributed by atoms with van der Waals surface area (Å²) in [5.41, 5.74) is -9.36. The van der Waals surface area contributed by atoms with Crippen LogP contribution in [0.5, 0.6) is 0 Å². The Morgan fingerprint density at radius 3 is 1.32 bits per heavy atom. The lowest BCUT2D eigenvalue weighted by Crippen LogP contribution is -2.60. The van der Waals surface area contributed by atoms with E-state index in [1.54, 1.807) is 0 Å². The largest absolute Gasteiger partial charge is 0.422 e. The van der Waals surface area contributed by atoms with Crippen LogP contribution in [0.4, 0.5) is 65.9 Å². The Morgan fingerprint density at radius 2 is 0.825 bits per heavy atom. The smallest absolute Gasteiger partial charge is 0.203 e. The Kier molecular flexibility index (Phi) is 6.55. The van der Waals surface area contributed by atoms with Gasteiger partial charge in [-0.05, 0) is 27.6 Å². The minimum absolute atomic E-state index is 0.151. The molecule has 214 valence electrons. The first-order valence-electron chi connectivity index (χ1n) is 10.6. The lowest BCUT2D eigenvalue weighted by Gasteiger charge is -2.37. The maximum Gasteiger partial charge on any atom is 0.422 e. The van der Waals surface area contributed by atoms with E-state index in [2.05, 4.69) is 0 Å². The highest BCUT2D eigenvalue weighted by Crippen LogP contribution is 2.61. The minimum atomic E-state index is -7.56. The molecule has 0 aliphatic carbocycles. The predicted molar refractivity (Wildman–Crippen MR) is 110 cm³/mol. The van der Waals surface area contributed by atoms with Crippen molar-refractivity contribution >= 4 is 21.5 Å². The molecule has 0 bridgehead atoms. The van der Waals surface area contributed by atoms with Crippen LogP contribution in [-0.2, 0) is 18.0 Å². The van der Waals surface area contributed by atoms with Gasteiger partial charge >= 0.3 is 29.9 Å². The molecule has 15 heteroatoms. The number of halogens is 15. The lowest BCUT2D eigenvalue weighted by molar-refractivity contribution is -0.375. The molecule has 0 aliphatic heterocycles. The van der Waals surface area contributed by atoms with E-state index >= 15 is 8.78 Å². The number of benzene rings is 4. The summed E-state index contributed by atoms with van der Waals surface area (Å²) in [5, 5.41) is -1.14. The van der Waals surface area contributed by atoms with Crippen LogP contribution in [-0.4, -0.2) is 11.8 Å². The first-order chi connectivity index (χ1) is 18.2. The van der Waals surface area contributed by atoms with E-state index in [-0.39, 0.29) is 22.2 Å². The molecule has 0 saturated carbocycles. The molecule has 0 spiro atoms. The fourth-order valence-corrected chi connectivity index (χ4v) is 4.19. The van der Waals surface area contributed by atoms with Crippen LogP contribution >= 0.6 is 0 Å². The van der Waals surface area contributed by atoms with Crippen molar-refractivity contribution in [3.05, 3.63) is 94.6 Å². The molecule has 0 fully saturated rings. The number of fused-ring (bicyclic) bond motifs is 3. The molecule has 40 heavy (non-hydrogen) atoms. The van der Waals surface area contributed by atoms with E-state index in [4.69, 9.17) is 0 Å². The van der Waals surface area contributed by atoms with Gasteiger partial charge in [0, 0.05) is 5.56 Å². The zero-order chi connectivity index (χ0) is 30.2. The van der Waals surface area contributed by atoms with Gasteiger partial charge in [-0.1, -0.05) is 48.5 Å².